The molecular formula is C18H15N7O6. The predicted octanol–water partition coefficient (Wildman–Crippen LogP) is 3.25. The number of nitro groups is 2. The lowest BCUT2D eigenvalue weighted by Crippen LogP contribution is -2.15. The molecule has 13 heteroatoms. The molecular weight excluding hydrogens is 410 g/mol. The third-order valence-corrected chi connectivity index (χ3v) is 4.21. The number of nitrogens with zero attached hydrogens (tertiary/aromatic N) is 4. The van der Waals surface area contributed by atoms with Crippen LogP contribution in [0.25, 0.3) is 0 Å². The van der Waals surface area contributed by atoms with Gasteiger partial charge in [0.25, 0.3) is 5.69 Å². The van der Waals surface area contributed by atoms with Gasteiger partial charge in [0.15, 0.2) is 11.5 Å². The van der Waals surface area contributed by atoms with Gasteiger partial charge in [-0.3, -0.25) is 31.1 Å². The van der Waals surface area contributed by atoms with Crippen LogP contribution in [0.15, 0.2) is 48.8 Å². The Morgan fingerprint density at radius 1 is 0.806 bits per heavy atom. The van der Waals surface area contributed by atoms with Crippen molar-refractivity contribution in [2.75, 3.05) is 29.4 Å². The van der Waals surface area contributed by atoms with Gasteiger partial charge in [-0.2, -0.15) is 0 Å². The molecule has 0 spiro atoms. The Morgan fingerprint density at radius 2 is 1.48 bits per heavy atom. The van der Waals surface area contributed by atoms with Crippen molar-refractivity contribution in [3.8, 4) is 11.5 Å². The summed E-state index contributed by atoms with van der Waals surface area (Å²) in [5.74, 6) is 0.970. The zero-order valence-corrected chi connectivity index (χ0v) is 15.8. The van der Waals surface area contributed by atoms with E-state index in [0.717, 1.165) is 6.33 Å². The van der Waals surface area contributed by atoms with E-state index < -0.39 is 15.5 Å². The summed E-state index contributed by atoms with van der Waals surface area (Å²) in [6.07, 6.45) is 1.16. The van der Waals surface area contributed by atoms with Crippen molar-refractivity contribution in [1.82, 2.24) is 9.97 Å². The van der Waals surface area contributed by atoms with Crippen LogP contribution in [0.1, 0.15) is 0 Å². The second kappa shape index (κ2) is 8.36. The van der Waals surface area contributed by atoms with Crippen LogP contribution < -0.4 is 25.6 Å². The molecule has 2 heterocycles. The van der Waals surface area contributed by atoms with Crippen molar-refractivity contribution in [3.63, 3.8) is 0 Å². The zero-order chi connectivity index (χ0) is 21.8. The van der Waals surface area contributed by atoms with Crippen LogP contribution in [0.3, 0.4) is 0 Å². The summed E-state index contributed by atoms with van der Waals surface area (Å²) in [4.78, 5) is 29.2. The molecule has 0 amide bonds. The molecule has 0 radical (unpaired) electrons. The number of nitrogens with one attached hydrogen (secondary N) is 3. The van der Waals surface area contributed by atoms with E-state index in [0.29, 0.717) is 36.1 Å². The molecule has 3 aromatic rings. The standard InChI is InChI=1S/C18H15N7O6/c26-24(27)13-4-1-11(2-5-13)22-23-18-16(25(28)29)17(19-10-20-18)21-12-3-6-14-15(9-12)31-8-7-30-14/h1-6,9-10,22H,7-8H2,(H2,19,20,21,23). The molecule has 0 saturated carbocycles. The zero-order valence-electron chi connectivity index (χ0n) is 15.8. The molecule has 2 aromatic carbocycles. The second-order valence-corrected chi connectivity index (χ2v) is 6.21. The van der Waals surface area contributed by atoms with Gasteiger partial charge in [-0.25, -0.2) is 9.97 Å². The molecule has 0 saturated heterocycles. The van der Waals surface area contributed by atoms with Crippen LogP contribution in [0.4, 0.5) is 34.4 Å². The average molecular weight is 425 g/mol. The lowest BCUT2D eigenvalue weighted by molar-refractivity contribution is -0.384. The van der Waals surface area contributed by atoms with Crippen LogP contribution >= 0.6 is 0 Å². The Bertz CT molecular complexity index is 1140. The van der Waals surface area contributed by atoms with Gasteiger partial charge in [-0.15, -0.1) is 0 Å². The average Bonchev–Trinajstić information content (AvgIpc) is 2.77. The first kappa shape index (κ1) is 19.6. The fraction of sp³-hybridized carbons (Fsp3) is 0.111. The molecule has 0 aliphatic carbocycles. The summed E-state index contributed by atoms with van der Waals surface area (Å²) in [7, 11) is 0. The van der Waals surface area contributed by atoms with E-state index in [1.165, 1.54) is 24.3 Å². The summed E-state index contributed by atoms with van der Waals surface area (Å²) in [5.41, 5.74) is 5.84. The number of nitro benzene ring substituents is 1. The first-order chi connectivity index (χ1) is 15.0. The Balaban J connectivity index is 1.55. The van der Waals surface area contributed by atoms with Gasteiger partial charge in [0.1, 0.15) is 19.5 Å². The van der Waals surface area contributed by atoms with E-state index in [1.54, 1.807) is 18.2 Å². The van der Waals surface area contributed by atoms with Gasteiger partial charge in [0.05, 0.1) is 15.5 Å². The van der Waals surface area contributed by atoms with E-state index in [1.807, 2.05) is 0 Å². The molecule has 0 bridgehead atoms. The molecule has 3 N–H and O–H groups in total. The van der Waals surface area contributed by atoms with Crippen LogP contribution in [-0.4, -0.2) is 33.0 Å². The highest BCUT2D eigenvalue weighted by Gasteiger charge is 2.24. The van der Waals surface area contributed by atoms with Gasteiger partial charge in [-0.05, 0) is 24.3 Å². The molecule has 0 atom stereocenters. The number of ether oxygens (including phenoxy) is 2. The van der Waals surface area contributed by atoms with E-state index in [9.17, 15) is 20.2 Å². The number of hydrazine groups is 1. The number of aromatic nitrogens is 2. The molecule has 1 aliphatic rings. The van der Waals surface area contributed by atoms with Crippen LogP contribution in [0.5, 0.6) is 11.5 Å². The highest BCUT2D eigenvalue weighted by Crippen LogP contribution is 2.36. The second-order valence-electron chi connectivity index (χ2n) is 6.21. The molecule has 0 unspecified atom stereocenters. The fourth-order valence-corrected chi connectivity index (χ4v) is 2.79. The van der Waals surface area contributed by atoms with Gasteiger partial charge < -0.3 is 14.8 Å². The lowest BCUT2D eigenvalue weighted by Gasteiger charge is -2.19. The van der Waals surface area contributed by atoms with Crippen LogP contribution in [0, 0.1) is 20.2 Å². The number of hydrogen-bond donors (Lipinski definition) is 3. The van der Waals surface area contributed by atoms with Crippen molar-refractivity contribution >= 4 is 34.4 Å². The number of benzene rings is 2. The Labute approximate surface area is 174 Å². The summed E-state index contributed by atoms with van der Waals surface area (Å²) in [5, 5.41) is 25.3. The number of fused-ring (bicyclic) bond motifs is 1. The maximum Gasteiger partial charge on any atom is 0.355 e. The largest absolute Gasteiger partial charge is 0.486 e. The van der Waals surface area contributed by atoms with Crippen molar-refractivity contribution in [3.05, 3.63) is 69.0 Å². The highest BCUT2D eigenvalue weighted by atomic mass is 16.6. The molecule has 1 aromatic heterocycles. The Hall–Kier alpha value is -4.68. The van der Waals surface area contributed by atoms with Gasteiger partial charge in [0.2, 0.25) is 11.6 Å². The normalized spacial score (nSPS) is 12.0. The minimum absolute atomic E-state index is 0.0373. The minimum atomic E-state index is -0.625. The first-order valence-corrected chi connectivity index (χ1v) is 8.94. The van der Waals surface area contributed by atoms with E-state index in [2.05, 4.69) is 26.1 Å². The SMILES string of the molecule is O=[N+]([O-])c1ccc(NNc2ncnc(Nc3ccc4c(c3)OCCO4)c2[N+](=O)[O-])cc1. The number of rotatable bonds is 7. The van der Waals surface area contributed by atoms with Crippen LogP contribution in [-0.2, 0) is 0 Å². The third kappa shape index (κ3) is 4.34. The summed E-state index contributed by atoms with van der Waals surface area (Å²) >= 11 is 0. The van der Waals surface area contributed by atoms with Crippen molar-refractivity contribution in [1.29, 1.82) is 0 Å². The van der Waals surface area contributed by atoms with Gasteiger partial charge >= 0.3 is 5.69 Å². The Morgan fingerprint density at radius 3 is 2.19 bits per heavy atom. The van der Waals surface area contributed by atoms with E-state index in [4.69, 9.17) is 9.47 Å². The quantitative estimate of drug-likeness (QED) is 0.375. The third-order valence-electron chi connectivity index (χ3n) is 4.21. The van der Waals surface area contributed by atoms with Crippen molar-refractivity contribution in [2.45, 2.75) is 0 Å². The van der Waals surface area contributed by atoms with E-state index >= 15 is 0 Å². The monoisotopic (exact) mass is 425 g/mol. The topological polar surface area (TPSA) is 167 Å². The van der Waals surface area contributed by atoms with Gasteiger partial charge in [-0.1, -0.05) is 0 Å². The Kier molecular flexibility index (Phi) is 5.29. The number of non-ortho nitro benzene ring substituents is 1. The van der Waals surface area contributed by atoms with Crippen LogP contribution in [0.2, 0.25) is 0 Å². The molecule has 158 valence electrons. The molecule has 13 nitrogen and oxygen atoms in total. The maximum atomic E-state index is 11.7. The van der Waals surface area contributed by atoms with E-state index in [-0.39, 0.29) is 17.3 Å². The number of hydrogen-bond acceptors (Lipinski definition) is 11. The first-order valence-electron chi connectivity index (χ1n) is 8.94. The predicted molar refractivity (Wildman–Crippen MR) is 110 cm³/mol. The lowest BCUT2D eigenvalue weighted by atomic mass is 10.2. The molecule has 31 heavy (non-hydrogen) atoms. The molecule has 1 aliphatic heterocycles. The summed E-state index contributed by atoms with van der Waals surface area (Å²) in [6.45, 7) is 0.862. The molecule has 0 fully saturated rings. The summed E-state index contributed by atoms with van der Waals surface area (Å²) in [6, 6.07) is 10.5. The minimum Gasteiger partial charge on any atom is -0.486 e. The van der Waals surface area contributed by atoms with Crippen molar-refractivity contribution < 1.29 is 19.3 Å². The highest BCUT2D eigenvalue weighted by molar-refractivity contribution is 5.75. The summed E-state index contributed by atoms with van der Waals surface area (Å²) < 4.78 is 11.0. The maximum absolute atomic E-state index is 11.7. The smallest absolute Gasteiger partial charge is 0.355 e. The molecule has 4 rings (SSSR count). The van der Waals surface area contributed by atoms with Crippen molar-refractivity contribution in [2.24, 2.45) is 0 Å². The van der Waals surface area contributed by atoms with Gasteiger partial charge in [0, 0.05) is 23.9 Å². The fourth-order valence-electron chi connectivity index (χ4n) is 2.79. The number of anilines is 4.